The highest BCUT2D eigenvalue weighted by atomic mass is 16.2. The van der Waals surface area contributed by atoms with Crippen molar-refractivity contribution in [1.29, 1.82) is 0 Å². The third kappa shape index (κ3) is 0.988. The first kappa shape index (κ1) is 12.1. The van der Waals surface area contributed by atoms with E-state index in [1.807, 2.05) is 24.5 Å². The fourth-order valence-electron chi connectivity index (χ4n) is 6.22. The van der Waals surface area contributed by atoms with E-state index in [-0.39, 0.29) is 22.4 Å². The minimum absolute atomic E-state index is 0.151. The van der Waals surface area contributed by atoms with Gasteiger partial charge in [-0.3, -0.25) is 19.6 Å². The predicted molar refractivity (Wildman–Crippen MR) is 81.7 cm³/mol. The fraction of sp³-hybridized carbons (Fsp3) is 0.368. The summed E-state index contributed by atoms with van der Waals surface area (Å²) < 4.78 is 0. The predicted octanol–water partition coefficient (Wildman–Crippen LogP) is 2.36. The van der Waals surface area contributed by atoms with Gasteiger partial charge < -0.3 is 0 Å². The maximum absolute atomic E-state index is 12.7. The molecule has 4 aliphatic rings. The van der Waals surface area contributed by atoms with E-state index in [2.05, 4.69) is 16.0 Å². The van der Waals surface area contributed by atoms with E-state index in [0.29, 0.717) is 25.7 Å². The van der Waals surface area contributed by atoms with Crippen LogP contribution in [0.3, 0.4) is 0 Å². The Hall–Kier alpha value is -2.36. The lowest BCUT2D eigenvalue weighted by Crippen LogP contribution is -2.48. The van der Waals surface area contributed by atoms with Gasteiger partial charge in [-0.2, -0.15) is 0 Å². The summed E-state index contributed by atoms with van der Waals surface area (Å²) in [4.78, 5) is 34.4. The molecule has 3 unspecified atom stereocenters. The molecule has 0 N–H and O–H groups in total. The lowest BCUT2D eigenvalue weighted by molar-refractivity contribution is -0.136. The smallest absolute Gasteiger partial charge is 0.147 e. The molecule has 6 rings (SSSR count). The molecule has 4 nitrogen and oxygen atoms in total. The molecule has 0 aromatic carbocycles. The molecule has 3 saturated carbocycles. The zero-order valence-electron chi connectivity index (χ0n) is 12.5. The Labute approximate surface area is 133 Å². The monoisotopic (exact) mass is 302 g/mol. The van der Waals surface area contributed by atoms with Crippen molar-refractivity contribution in [2.75, 3.05) is 0 Å². The van der Waals surface area contributed by atoms with Gasteiger partial charge >= 0.3 is 0 Å². The van der Waals surface area contributed by atoms with Crippen molar-refractivity contribution in [1.82, 2.24) is 9.97 Å². The number of ketones is 2. The number of pyridine rings is 2. The third-order valence-corrected chi connectivity index (χ3v) is 7.03. The molecule has 23 heavy (non-hydrogen) atoms. The molecule has 3 atom stereocenters. The van der Waals surface area contributed by atoms with E-state index in [1.54, 1.807) is 6.20 Å². The van der Waals surface area contributed by atoms with Gasteiger partial charge in [0.2, 0.25) is 0 Å². The van der Waals surface area contributed by atoms with Gasteiger partial charge in [-0.15, -0.1) is 0 Å². The van der Waals surface area contributed by atoms with Crippen LogP contribution in [0.5, 0.6) is 0 Å². The van der Waals surface area contributed by atoms with Gasteiger partial charge in [-0.25, -0.2) is 0 Å². The number of hydrogen-bond acceptors (Lipinski definition) is 4. The first-order chi connectivity index (χ1) is 11.1. The second-order valence-corrected chi connectivity index (χ2v) is 7.62. The Morgan fingerprint density at radius 2 is 1.65 bits per heavy atom. The molecule has 3 bridgehead atoms. The summed E-state index contributed by atoms with van der Waals surface area (Å²) in [5.41, 5.74) is 3.12. The number of carbonyl (C=O) groups is 2. The normalized spacial score (nSPS) is 38.4. The van der Waals surface area contributed by atoms with Crippen molar-refractivity contribution < 1.29 is 9.59 Å². The Morgan fingerprint density at radius 1 is 0.913 bits per heavy atom. The minimum atomic E-state index is -0.732. The van der Waals surface area contributed by atoms with E-state index < -0.39 is 5.41 Å². The van der Waals surface area contributed by atoms with Crippen LogP contribution in [0.4, 0.5) is 0 Å². The molecule has 4 aliphatic carbocycles. The quantitative estimate of drug-likeness (QED) is 0.701. The molecule has 0 saturated heterocycles. The SMILES string of the molecule is O=C1CC23CC14CC2(CC4=O)c1cccnc1-c1ccncc13. The molecular formula is C19H14N2O2. The Bertz CT molecular complexity index is 872. The maximum atomic E-state index is 12.7. The minimum Gasteiger partial charge on any atom is -0.299 e. The van der Waals surface area contributed by atoms with Crippen LogP contribution in [0.25, 0.3) is 11.3 Å². The van der Waals surface area contributed by atoms with Gasteiger partial charge in [0, 0.05) is 47.8 Å². The summed E-state index contributed by atoms with van der Waals surface area (Å²) in [5.74, 6) is 0.301. The number of carbonyl (C=O) groups excluding carboxylic acids is 2. The van der Waals surface area contributed by atoms with Gasteiger partial charge in [0.05, 0.1) is 11.1 Å². The number of nitrogens with zero attached hydrogens (tertiary/aromatic N) is 2. The molecule has 112 valence electrons. The third-order valence-electron chi connectivity index (χ3n) is 7.03. The van der Waals surface area contributed by atoms with Crippen LogP contribution >= 0.6 is 0 Å². The maximum Gasteiger partial charge on any atom is 0.147 e. The first-order valence-corrected chi connectivity index (χ1v) is 8.10. The second kappa shape index (κ2) is 3.28. The van der Waals surface area contributed by atoms with Crippen molar-refractivity contribution in [3.05, 3.63) is 47.9 Å². The standard InChI is InChI=1S/C19H14N2O2/c22-14-6-18-9-17(14)10-19(18,7-15(17)23)13-8-20-5-3-11(13)16-12(18)2-1-4-21-16/h1-5,8H,6-7,9-10H2. The van der Waals surface area contributed by atoms with E-state index in [4.69, 9.17) is 0 Å². The van der Waals surface area contributed by atoms with Crippen LogP contribution in [0.1, 0.15) is 36.8 Å². The van der Waals surface area contributed by atoms with Gasteiger partial charge in [0.15, 0.2) is 0 Å². The van der Waals surface area contributed by atoms with E-state index >= 15 is 0 Å². The summed E-state index contributed by atoms with van der Waals surface area (Å²) in [6.45, 7) is 0. The molecule has 3 spiro atoms. The zero-order chi connectivity index (χ0) is 15.4. The molecule has 2 aromatic heterocycles. The largest absolute Gasteiger partial charge is 0.299 e. The first-order valence-electron chi connectivity index (χ1n) is 8.10. The Balaban J connectivity index is 1.80. The fourth-order valence-corrected chi connectivity index (χ4v) is 6.22. The topological polar surface area (TPSA) is 59.9 Å². The van der Waals surface area contributed by atoms with Crippen LogP contribution in [0.15, 0.2) is 36.8 Å². The van der Waals surface area contributed by atoms with Crippen molar-refractivity contribution in [3.8, 4) is 11.3 Å². The summed E-state index contributed by atoms with van der Waals surface area (Å²) in [7, 11) is 0. The van der Waals surface area contributed by atoms with Crippen molar-refractivity contribution in [3.63, 3.8) is 0 Å². The number of fused-ring (bicyclic) bond motifs is 3. The average Bonchev–Trinajstić information content (AvgIpc) is 3.14. The number of rotatable bonds is 0. The summed E-state index contributed by atoms with van der Waals surface area (Å²) in [6.07, 6.45) is 7.80. The van der Waals surface area contributed by atoms with Gasteiger partial charge in [0.1, 0.15) is 11.6 Å². The summed E-state index contributed by atoms with van der Waals surface area (Å²) in [6, 6.07) is 6.08. The van der Waals surface area contributed by atoms with Crippen molar-refractivity contribution in [2.24, 2.45) is 5.41 Å². The molecular weight excluding hydrogens is 288 g/mol. The highest BCUT2D eigenvalue weighted by Crippen LogP contribution is 2.77. The van der Waals surface area contributed by atoms with E-state index in [0.717, 1.165) is 16.8 Å². The van der Waals surface area contributed by atoms with Gasteiger partial charge in [0.25, 0.3) is 0 Å². The number of aromatic nitrogens is 2. The highest BCUT2D eigenvalue weighted by molar-refractivity contribution is 6.15. The molecule has 0 amide bonds. The van der Waals surface area contributed by atoms with Crippen LogP contribution in [0.2, 0.25) is 0 Å². The molecule has 0 radical (unpaired) electrons. The van der Waals surface area contributed by atoms with Crippen LogP contribution in [-0.4, -0.2) is 21.5 Å². The van der Waals surface area contributed by atoms with Crippen molar-refractivity contribution in [2.45, 2.75) is 36.5 Å². The van der Waals surface area contributed by atoms with E-state index in [1.165, 1.54) is 5.56 Å². The van der Waals surface area contributed by atoms with Crippen LogP contribution in [0, 0.1) is 5.41 Å². The number of Topliss-reactive ketones (excluding diaryl/α,β-unsaturated/α-hetero) is 2. The highest BCUT2D eigenvalue weighted by Gasteiger charge is 2.80. The van der Waals surface area contributed by atoms with Crippen molar-refractivity contribution >= 4 is 11.6 Å². The second-order valence-electron chi connectivity index (χ2n) is 7.62. The molecule has 2 heterocycles. The van der Waals surface area contributed by atoms with Gasteiger partial charge in [-0.05, 0) is 36.1 Å². The average molecular weight is 302 g/mol. The van der Waals surface area contributed by atoms with E-state index in [9.17, 15) is 9.59 Å². The molecule has 4 heteroatoms. The van der Waals surface area contributed by atoms with Crippen LogP contribution < -0.4 is 0 Å². The summed E-state index contributed by atoms with van der Waals surface area (Å²) in [5, 5.41) is 0. The lowest BCUT2D eigenvalue weighted by atomic mass is 9.52. The Kier molecular flexibility index (Phi) is 1.72. The zero-order valence-corrected chi connectivity index (χ0v) is 12.5. The molecule has 0 aliphatic heterocycles. The van der Waals surface area contributed by atoms with Gasteiger partial charge in [-0.1, -0.05) is 6.07 Å². The lowest BCUT2D eigenvalue weighted by Gasteiger charge is -2.49. The Morgan fingerprint density at radius 3 is 2.43 bits per heavy atom. The van der Waals surface area contributed by atoms with Crippen LogP contribution in [-0.2, 0) is 20.4 Å². The molecule has 2 aromatic rings. The molecule has 3 fully saturated rings. The summed E-state index contributed by atoms with van der Waals surface area (Å²) >= 11 is 0. The number of hydrogen-bond donors (Lipinski definition) is 0.